The van der Waals surface area contributed by atoms with Crippen molar-refractivity contribution in [3.8, 4) is 5.75 Å². The van der Waals surface area contributed by atoms with Crippen LogP contribution in [0.25, 0.3) is 0 Å². The van der Waals surface area contributed by atoms with Gasteiger partial charge in [0.1, 0.15) is 5.75 Å². The summed E-state index contributed by atoms with van der Waals surface area (Å²) in [6.45, 7) is 4.92. The van der Waals surface area contributed by atoms with Crippen molar-refractivity contribution in [2.24, 2.45) is 5.41 Å². The first-order valence-corrected chi connectivity index (χ1v) is 15.1. The third-order valence-electron chi connectivity index (χ3n) is 6.65. The van der Waals surface area contributed by atoms with Crippen LogP contribution < -0.4 is 9.64 Å². The number of benzene rings is 2. The number of carboxylic acids is 1. The summed E-state index contributed by atoms with van der Waals surface area (Å²) in [7, 11) is -2.03. The lowest BCUT2D eigenvalue weighted by atomic mass is 9.79. The molecule has 2 aromatic carbocycles. The van der Waals surface area contributed by atoms with Crippen LogP contribution in [0.15, 0.2) is 47.4 Å². The average molecular weight is 520 g/mol. The van der Waals surface area contributed by atoms with E-state index < -0.39 is 15.8 Å². The lowest BCUT2D eigenvalue weighted by molar-refractivity contribution is -0.133. The van der Waals surface area contributed by atoms with Gasteiger partial charge in [-0.1, -0.05) is 57.7 Å². The van der Waals surface area contributed by atoms with Crippen LogP contribution in [0.4, 0.5) is 11.4 Å². The smallest absolute Gasteiger partial charge is 0.313 e. The van der Waals surface area contributed by atoms with Gasteiger partial charge in [0, 0.05) is 35.0 Å². The zero-order valence-electron chi connectivity index (χ0n) is 21.0. The molecule has 1 aliphatic rings. The highest BCUT2D eigenvalue weighted by Crippen LogP contribution is 2.47. The zero-order valence-corrected chi connectivity index (χ0v) is 22.6. The second kappa shape index (κ2) is 12.2. The van der Waals surface area contributed by atoms with E-state index in [0.717, 1.165) is 44.2 Å². The maximum Gasteiger partial charge on any atom is 0.313 e. The minimum Gasteiger partial charge on any atom is -0.496 e. The van der Waals surface area contributed by atoms with Crippen LogP contribution in [0, 0.1) is 5.41 Å². The third-order valence-corrected chi connectivity index (χ3v) is 9.61. The maximum absolute atomic E-state index is 14.0. The fourth-order valence-corrected chi connectivity index (χ4v) is 7.79. The molecule has 0 saturated heterocycles. The molecule has 0 atom stereocenters. The standard InChI is InChI=1S/C27H37NO5S2/c1-4-6-13-27(14-7-5-2)19-28(22-11-9-8-10-12-22)23-16-24(33-3)21(17-34-18-26(29)30)15-25(23)35(31,32)20-27/h8-12,15-16H,4-7,13-14,17-20H2,1-3H3,(H,29,30). The molecule has 2 aromatic rings. The second-order valence-electron chi connectivity index (χ2n) is 9.41. The predicted molar refractivity (Wildman–Crippen MR) is 144 cm³/mol. The van der Waals surface area contributed by atoms with Gasteiger partial charge in [-0.15, -0.1) is 11.8 Å². The number of anilines is 2. The van der Waals surface area contributed by atoms with Gasteiger partial charge in [-0.3, -0.25) is 4.79 Å². The number of aliphatic carboxylic acids is 1. The summed E-state index contributed by atoms with van der Waals surface area (Å²) >= 11 is 1.23. The summed E-state index contributed by atoms with van der Waals surface area (Å²) < 4.78 is 33.6. The summed E-state index contributed by atoms with van der Waals surface area (Å²) in [5.74, 6) is 0.0982. The number of rotatable bonds is 12. The van der Waals surface area contributed by atoms with E-state index in [1.165, 1.54) is 11.8 Å². The molecule has 192 valence electrons. The van der Waals surface area contributed by atoms with Crippen LogP contribution in [-0.4, -0.2) is 44.7 Å². The van der Waals surface area contributed by atoms with Gasteiger partial charge < -0.3 is 14.7 Å². The van der Waals surface area contributed by atoms with Gasteiger partial charge in [0.05, 0.1) is 29.2 Å². The fraction of sp³-hybridized carbons (Fsp3) is 0.519. The van der Waals surface area contributed by atoms with E-state index in [1.54, 1.807) is 13.2 Å². The Kier molecular flexibility index (Phi) is 9.53. The maximum atomic E-state index is 14.0. The van der Waals surface area contributed by atoms with Crippen LogP contribution in [0.3, 0.4) is 0 Å². The minimum atomic E-state index is -3.60. The lowest BCUT2D eigenvalue weighted by Gasteiger charge is -2.37. The van der Waals surface area contributed by atoms with Crippen LogP contribution in [0.5, 0.6) is 5.75 Å². The largest absolute Gasteiger partial charge is 0.496 e. The average Bonchev–Trinajstić information content (AvgIpc) is 2.93. The van der Waals surface area contributed by atoms with E-state index in [4.69, 9.17) is 9.84 Å². The highest BCUT2D eigenvalue weighted by Gasteiger charge is 2.42. The van der Waals surface area contributed by atoms with Gasteiger partial charge in [0.25, 0.3) is 0 Å². The number of carbonyl (C=O) groups is 1. The number of para-hydroxylation sites is 1. The van der Waals surface area contributed by atoms with Gasteiger partial charge in [0.15, 0.2) is 9.84 Å². The van der Waals surface area contributed by atoms with Crippen molar-refractivity contribution in [3.05, 3.63) is 48.0 Å². The minimum absolute atomic E-state index is 0.0553. The second-order valence-corrected chi connectivity index (χ2v) is 12.3. The van der Waals surface area contributed by atoms with E-state index in [0.29, 0.717) is 34.2 Å². The van der Waals surface area contributed by atoms with E-state index >= 15 is 0 Å². The SMILES string of the molecule is CCCCC1(CCCC)CN(c2ccccc2)c2cc(OC)c(CSCC(=O)O)cc2S(=O)(=O)C1. The van der Waals surface area contributed by atoms with Crippen molar-refractivity contribution in [1.29, 1.82) is 0 Å². The Labute approximate surface area is 214 Å². The number of nitrogens with zero attached hydrogens (tertiary/aromatic N) is 1. The third kappa shape index (κ3) is 6.73. The topological polar surface area (TPSA) is 83.9 Å². The number of carboxylic acid groups (broad SMARTS) is 1. The predicted octanol–water partition coefficient (Wildman–Crippen LogP) is 6.31. The molecule has 0 amide bonds. The molecule has 0 fully saturated rings. The molecule has 3 rings (SSSR count). The molecule has 6 nitrogen and oxygen atoms in total. The van der Waals surface area contributed by atoms with Gasteiger partial charge in [-0.2, -0.15) is 0 Å². The van der Waals surface area contributed by atoms with Crippen molar-refractivity contribution >= 4 is 38.9 Å². The number of sulfone groups is 1. The van der Waals surface area contributed by atoms with E-state index in [9.17, 15) is 13.2 Å². The summed E-state index contributed by atoms with van der Waals surface area (Å²) in [6.07, 6.45) is 5.73. The molecule has 0 aliphatic carbocycles. The Morgan fingerprint density at radius 3 is 2.34 bits per heavy atom. The Morgan fingerprint density at radius 1 is 1.11 bits per heavy atom. The van der Waals surface area contributed by atoms with Crippen molar-refractivity contribution in [2.45, 2.75) is 63.0 Å². The summed E-state index contributed by atoms with van der Waals surface area (Å²) in [6, 6.07) is 13.5. The molecule has 35 heavy (non-hydrogen) atoms. The molecule has 0 unspecified atom stereocenters. The molecular formula is C27H37NO5S2. The van der Waals surface area contributed by atoms with E-state index in [2.05, 4.69) is 18.7 Å². The molecule has 1 N–H and O–H groups in total. The van der Waals surface area contributed by atoms with E-state index in [-0.39, 0.29) is 16.9 Å². The normalized spacial score (nSPS) is 16.4. The number of ether oxygens (including phenoxy) is 1. The van der Waals surface area contributed by atoms with Crippen LogP contribution >= 0.6 is 11.8 Å². The number of fused-ring (bicyclic) bond motifs is 1. The van der Waals surface area contributed by atoms with Crippen LogP contribution in [0.1, 0.15) is 57.9 Å². The van der Waals surface area contributed by atoms with E-state index in [1.807, 2.05) is 36.4 Å². The monoisotopic (exact) mass is 519 g/mol. The van der Waals surface area contributed by atoms with Crippen molar-refractivity contribution < 1.29 is 23.1 Å². The molecular weight excluding hydrogens is 482 g/mol. The first-order valence-electron chi connectivity index (χ1n) is 12.3. The summed E-state index contributed by atoms with van der Waals surface area (Å²) in [5.41, 5.74) is 1.93. The van der Waals surface area contributed by atoms with Crippen molar-refractivity contribution in [1.82, 2.24) is 0 Å². The molecule has 0 spiro atoms. The number of hydrogen-bond acceptors (Lipinski definition) is 6. The Balaban J connectivity index is 2.19. The number of hydrogen-bond donors (Lipinski definition) is 1. The molecule has 1 heterocycles. The lowest BCUT2D eigenvalue weighted by Crippen LogP contribution is -2.38. The number of thioether (sulfide) groups is 1. The first-order chi connectivity index (χ1) is 16.7. The quantitative estimate of drug-likeness (QED) is 0.352. The Hall–Kier alpha value is -2.19. The van der Waals surface area contributed by atoms with Gasteiger partial charge in [-0.05, 0) is 31.0 Å². The molecule has 8 heteroatoms. The van der Waals surface area contributed by atoms with Gasteiger partial charge >= 0.3 is 5.97 Å². The van der Waals surface area contributed by atoms with Crippen molar-refractivity contribution in [2.75, 3.05) is 30.1 Å². The highest BCUT2D eigenvalue weighted by molar-refractivity contribution is 7.99. The number of unbranched alkanes of at least 4 members (excludes halogenated alkanes) is 2. The fourth-order valence-electron chi connectivity index (χ4n) is 4.92. The van der Waals surface area contributed by atoms with Crippen LogP contribution in [-0.2, 0) is 20.4 Å². The zero-order chi connectivity index (χ0) is 25.5. The molecule has 0 aromatic heterocycles. The molecule has 1 aliphatic heterocycles. The molecule has 0 bridgehead atoms. The van der Waals surface area contributed by atoms with Crippen LogP contribution in [0.2, 0.25) is 0 Å². The summed E-state index contributed by atoms with van der Waals surface area (Å²) in [4.78, 5) is 13.5. The van der Waals surface area contributed by atoms with Gasteiger partial charge in [0.2, 0.25) is 0 Å². The highest BCUT2D eigenvalue weighted by atomic mass is 32.2. The Bertz CT molecular complexity index is 1090. The molecule has 0 saturated carbocycles. The first kappa shape index (κ1) is 27.4. The van der Waals surface area contributed by atoms with Crippen molar-refractivity contribution in [3.63, 3.8) is 0 Å². The molecule has 0 radical (unpaired) electrons. The summed E-state index contributed by atoms with van der Waals surface area (Å²) in [5, 5.41) is 9.04. The number of methoxy groups -OCH3 is 1. The van der Waals surface area contributed by atoms with Gasteiger partial charge in [-0.25, -0.2) is 8.42 Å². The Morgan fingerprint density at radius 2 is 1.77 bits per heavy atom.